The molecule has 17 heavy (non-hydrogen) atoms. The van der Waals surface area contributed by atoms with Gasteiger partial charge in [-0.1, -0.05) is 0 Å². The first-order valence-electron chi connectivity index (χ1n) is 6.01. The predicted molar refractivity (Wildman–Crippen MR) is 68.4 cm³/mol. The van der Waals surface area contributed by atoms with Crippen LogP contribution in [0.25, 0.3) is 11.0 Å². The smallest absolute Gasteiger partial charge is 0.336 e. The fourth-order valence-corrected chi connectivity index (χ4v) is 2.02. The number of aryl methyl sites for hydroxylation is 1. The summed E-state index contributed by atoms with van der Waals surface area (Å²) in [6.45, 7) is 2.94. The number of hydrogen-bond donors (Lipinski definition) is 1. The predicted octanol–water partition coefficient (Wildman–Crippen LogP) is 2.92. The van der Waals surface area contributed by atoms with Crippen LogP contribution in [0.2, 0.25) is 0 Å². The molecule has 1 N–H and O–H groups in total. The van der Waals surface area contributed by atoms with Crippen molar-refractivity contribution in [3.05, 3.63) is 40.2 Å². The molecule has 0 radical (unpaired) electrons. The van der Waals surface area contributed by atoms with Gasteiger partial charge in [0.1, 0.15) is 5.58 Å². The van der Waals surface area contributed by atoms with Crippen LogP contribution in [0.15, 0.2) is 33.5 Å². The Morgan fingerprint density at radius 2 is 2.18 bits per heavy atom. The van der Waals surface area contributed by atoms with Crippen molar-refractivity contribution >= 4 is 16.7 Å². The van der Waals surface area contributed by atoms with Crippen molar-refractivity contribution < 1.29 is 4.42 Å². The quantitative estimate of drug-likeness (QED) is 0.823. The van der Waals surface area contributed by atoms with Crippen LogP contribution in [0.4, 0.5) is 5.69 Å². The van der Waals surface area contributed by atoms with Crippen molar-refractivity contribution in [3.63, 3.8) is 0 Å². The number of anilines is 1. The summed E-state index contributed by atoms with van der Waals surface area (Å²) in [6.07, 6.45) is 2.66. The highest BCUT2D eigenvalue weighted by molar-refractivity contribution is 5.83. The van der Waals surface area contributed by atoms with E-state index in [2.05, 4.69) is 5.32 Å². The zero-order valence-corrected chi connectivity index (χ0v) is 9.82. The topological polar surface area (TPSA) is 42.2 Å². The third kappa shape index (κ3) is 2.18. The normalized spacial score (nSPS) is 15.1. The van der Waals surface area contributed by atoms with Crippen molar-refractivity contribution in [1.29, 1.82) is 0 Å². The van der Waals surface area contributed by atoms with Crippen LogP contribution in [-0.4, -0.2) is 6.54 Å². The lowest BCUT2D eigenvalue weighted by molar-refractivity contribution is 0.560. The fraction of sp³-hybridized carbons (Fsp3) is 0.357. The summed E-state index contributed by atoms with van der Waals surface area (Å²) in [7, 11) is 0. The zero-order chi connectivity index (χ0) is 11.8. The summed E-state index contributed by atoms with van der Waals surface area (Å²) in [5.41, 5.74) is 2.37. The van der Waals surface area contributed by atoms with E-state index in [1.165, 1.54) is 18.9 Å². The van der Waals surface area contributed by atoms with Gasteiger partial charge < -0.3 is 9.73 Å². The minimum Gasteiger partial charge on any atom is -0.423 e. The third-order valence-corrected chi connectivity index (χ3v) is 3.24. The van der Waals surface area contributed by atoms with Gasteiger partial charge in [0.25, 0.3) is 0 Å². The summed E-state index contributed by atoms with van der Waals surface area (Å²) in [5.74, 6) is 0.829. The summed E-state index contributed by atoms with van der Waals surface area (Å²) >= 11 is 0. The molecule has 0 unspecified atom stereocenters. The summed E-state index contributed by atoms with van der Waals surface area (Å²) in [4.78, 5) is 11.3. The lowest BCUT2D eigenvalue weighted by Crippen LogP contribution is -2.03. The van der Waals surface area contributed by atoms with E-state index in [4.69, 9.17) is 4.42 Å². The lowest BCUT2D eigenvalue weighted by Gasteiger charge is -2.06. The molecule has 1 heterocycles. The Hall–Kier alpha value is -1.77. The second-order valence-electron chi connectivity index (χ2n) is 4.78. The molecule has 3 rings (SSSR count). The Morgan fingerprint density at radius 3 is 2.94 bits per heavy atom. The van der Waals surface area contributed by atoms with Gasteiger partial charge in [0.15, 0.2) is 0 Å². The Bertz CT molecular complexity index is 611. The number of fused-ring (bicyclic) bond motifs is 1. The molecule has 1 fully saturated rings. The van der Waals surface area contributed by atoms with Crippen LogP contribution in [0.3, 0.4) is 0 Å². The van der Waals surface area contributed by atoms with Gasteiger partial charge in [-0.15, -0.1) is 0 Å². The highest BCUT2D eigenvalue weighted by Gasteiger charge is 2.20. The summed E-state index contributed by atoms with van der Waals surface area (Å²) in [5, 5.41) is 4.38. The zero-order valence-electron chi connectivity index (χ0n) is 9.82. The van der Waals surface area contributed by atoms with Gasteiger partial charge in [0.2, 0.25) is 0 Å². The minimum atomic E-state index is -0.283. The minimum absolute atomic E-state index is 0.283. The van der Waals surface area contributed by atoms with Crippen LogP contribution in [0.1, 0.15) is 18.4 Å². The van der Waals surface area contributed by atoms with Gasteiger partial charge >= 0.3 is 5.63 Å². The molecule has 1 saturated carbocycles. The average molecular weight is 229 g/mol. The van der Waals surface area contributed by atoms with E-state index in [9.17, 15) is 4.79 Å². The SMILES string of the molecule is Cc1cc(=O)oc2cc(NCC3CC3)ccc12. The van der Waals surface area contributed by atoms with E-state index in [1.54, 1.807) is 0 Å². The molecule has 1 aromatic heterocycles. The summed E-state index contributed by atoms with van der Waals surface area (Å²) in [6, 6.07) is 7.48. The fourth-order valence-electron chi connectivity index (χ4n) is 2.02. The Kier molecular flexibility index (Phi) is 2.39. The maximum absolute atomic E-state index is 11.3. The molecule has 3 nitrogen and oxygen atoms in total. The first kappa shape index (κ1) is 10.4. The largest absolute Gasteiger partial charge is 0.423 e. The molecule has 1 aromatic carbocycles. The first-order valence-corrected chi connectivity index (χ1v) is 6.01. The maximum atomic E-state index is 11.3. The molecule has 88 valence electrons. The van der Waals surface area contributed by atoms with E-state index >= 15 is 0 Å². The van der Waals surface area contributed by atoms with Gasteiger partial charge in [-0.3, -0.25) is 0 Å². The van der Waals surface area contributed by atoms with Crippen LogP contribution in [-0.2, 0) is 0 Å². The molecule has 3 heteroatoms. The molecule has 0 atom stereocenters. The third-order valence-electron chi connectivity index (χ3n) is 3.24. The van der Waals surface area contributed by atoms with Crippen LogP contribution in [0, 0.1) is 12.8 Å². The number of nitrogens with one attached hydrogen (secondary N) is 1. The van der Waals surface area contributed by atoms with Gasteiger partial charge in [-0.05, 0) is 43.4 Å². The summed E-state index contributed by atoms with van der Waals surface area (Å²) < 4.78 is 5.21. The highest BCUT2D eigenvalue weighted by atomic mass is 16.4. The molecule has 0 spiro atoms. The second-order valence-corrected chi connectivity index (χ2v) is 4.78. The highest BCUT2D eigenvalue weighted by Crippen LogP contribution is 2.29. The number of rotatable bonds is 3. The van der Waals surface area contributed by atoms with Crippen LogP contribution in [0.5, 0.6) is 0 Å². The van der Waals surface area contributed by atoms with E-state index in [1.807, 2.05) is 25.1 Å². The van der Waals surface area contributed by atoms with Crippen molar-refractivity contribution in [1.82, 2.24) is 0 Å². The Morgan fingerprint density at radius 1 is 1.35 bits per heavy atom. The molecular formula is C14H15NO2. The molecule has 0 saturated heterocycles. The van der Waals surface area contributed by atoms with Crippen LogP contribution < -0.4 is 10.9 Å². The molecule has 2 aromatic rings. The van der Waals surface area contributed by atoms with E-state index in [0.29, 0.717) is 5.58 Å². The number of hydrogen-bond acceptors (Lipinski definition) is 3. The van der Waals surface area contributed by atoms with Crippen molar-refractivity contribution in [2.24, 2.45) is 5.92 Å². The molecule has 1 aliphatic carbocycles. The average Bonchev–Trinajstić information content (AvgIpc) is 3.09. The molecule has 0 bridgehead atoms. The number of benzene rings is 1. The van der Waals surface area contributed by atoms with E-state index in [-0.39, 0.29) is 5.63 Å². The van der Waals surface area contributed by atoms with Crippen molar-refractivity contribution in [2.75, 3.05) is 11.9 Å². The maximum Gasteiger partial charge on any atom is 0.336 e. The Balaban J connectivity index is 1.96. The standard InChI is InChI=1S/C14H15NO2/c1-9-6-14(16)17-13-7-11(4-5-12(9)13)15-8-10-2-3-10/h4-7,10,15H,2-3,8H2,1H3. The molecule has 0 amide bonds. The first-order chi connectivity index (χ1) is 8.22. The lowest BCUT2D eigenvalue weighted by atomic mass is 10.1. The Labute approximate surface area is 99.4 Å². The van der Waals surface area contributed by atoms with Gasteiger partial charge in [-0.2, -0.15) is 0 Å². The van der Waals surface area contributed by atoms with Crippen LogP contribution >= 0.6 is 0 Å². The van der Waals surface area contributed by atoms with E-state index in [0.717, 1.165) is 29.1 Å². The second kappa shape index (κ2) is 3.91. The van der Waals surface area contributed by atoms with E-state index < -0.39 is 0 Å². The molecule has 0 aliphatic heterocycles. The van der Waals surface area contributed by atoms with Gasteiger partial charge in [-0.25, -0.2) is 4.79 Å². The van der Waals surface area contributed by atoms with Crippen molar-refractivity contribution in [3.8, 4) is 0 Å². The molecule has 1 aliphatic rings. The van der Waals surface area contributed by atoms with Crippen molar-refractivity contribution in [2.45, 2.75) is 19.8 Å². The molecular weight excluding hydrogens is 214 g/mol. The van der Waals surface area contributed by atoms with Gasteiger partial charge in [0.05, 0.1) is 0 Å². The monoisotopic (exact) mass is 229 g/mol. The van der Waals surface area contributed by atoms with Gasteiger partial charge in [0, 0.05) is 29.8 Å².